The number of rotatable bonds is 9. The predicted octanol–water partition coefficient (Wildman–Crippen LogP) is 1.55. The van der Waals surface area contributed by atoms with Gasteiger partial charge in [-0.05, 0) is 81.7 Å². The number of carboxylic acids is 3. The molecule has 12 heteroatoms. The number of anilines is 1. The number of aryl methyl sites for hydroxylation is 1. The molecule has 11 nitrogen and oxygen atoms in total. The molecule has 3 rings (SSSR count). The normalized spacial score (nSPS) is 14.9. The van der Waals surface area contributed by atoms with Crippen LogP contribution in [-0.4, -0.2) is 74.2 Å². The van der Waals surface area contributed by atoms with Gasteiger partial charge in [0, 0.05) is 28.8 Å². The lowest BCUT2D eigenvalue weighted by atomic mass is 9.86. The summed E-state index contributed by atoms with van der Waals surface area (Å²) in [6.45, 7) is 3.97. The van der Waals surface area contributed by atoms with E-state index in [0.29, 0.717) is 5.11 Å². The third-order valence-corrected chi connectivity index (χ3v) is 5.91. The van der Waals surface area contributed by atoms with Crippen molar-refractivity contribution < 1.29 is 34.8 Å². The maximum atomic E-state index is 10.3. The number of hydrogen-bond acceptors (Lipinski definition) is 6. The first kappa shape index (κ1) is 28.0. The Bertz CT molecular complexity index is 1070. The van der Waals surface area contributed by atoms with E-state index in [2.05, 4.69) is 39.1 Å². The van der Waals surface area contributed by atoms with E-state index in [1.54, 1.807) is 0 Å². The maximum Gasteiger partial charge on any atom is 0.336 e. The molecule has 1 aromatic heterocycles. The van der Waals surface area contributed by atoms with Crippen LogP contribution in [-0.2, 0) is 27.2 Å². The van der Waals surface area contributed by atoms with Gasteiger partial charge in [-0.15, -0.1) is 0 Å². The quantitative estimate of drug-likeness (QED) is 0.230. The highest BCUT2D eigenvalue weighted by atomic mass is 32.1. The van der Waals surface area contributed by atoms with Crippen molar-refractivity contribution in [1.82, 2.24) is 15.6 Å². The average Bonchev–Trinajstić information content (AvgIpc) is 3.11. The number of benzene rings is 1. The number of carbonyl (C=O) groups is 3. The van der Waals surface area contributed by atoms with Gasteiger partial charge in [0.1, 0.15) is 0 Å². The predicted molar refractivity (Wildman–Crippen MR) is 135 cm³/mol. The summed E-state index contributed by atoms with van der Waals surface area (Å²) in [5.41, 5.74) is 2.44. The molecular formula is C23H32N4O7S. The lowest BCUT2D eigenvalue weighted by Gasteiger charge is -2.22. The zero-order chi connectivity index (χ0) is 26.2. The van der Waals surface area contributed by atoms with Crippen LogP contribution < -0.4 is 16.0 Å². The van der Waals surface area contributed by atoms with Crippen LogP contribution in [0.1, 0.15) is 37.4 Å². The van der Waals surface area contributed by atoms with E-state index in [-0.39, 0.29) is 0 Å². The second-order valence-electron chi connectivity index (χ2n) is 8.47. The second kappa shape index (κ2) is 12.5. The molecule has 0 spiro atoms. The van der Waals surface area contributed by atoms with Gasteiger partial charge in [-0.25, -0.2) is 4.79 Å². The number of H-pyrrole nitrogens is 1. The van der Waals surface area contributed by atoms with E-state index in [1.165, 1.54) is 28.6 Å². The Morgan fingerprint density at radius 1 is 1.17 bits per heavy atom. The molecule has 1 aliphatic rings. The summed E-state index contributed by atoms with van der Waals surface area (Å²) in [7, 11) is 2.04. The average molecular weight is 509 g/mol. The van der Waals surface area contributed by atoms with Crippen LogP contribution in [0.5, 0.6) is 0 Å². The van der Waals surface area contributed by atoms with E-state index in [0.717, 1.165) is 37.5 Å². The Kier molecular flexibility index (Phi) is 9.99. The Labute approximate surface area is 207 Å². The smallest absolute Gasteiger partial charge is 0.336 e. The molecule has 1 heterocycles. The molecule has 2 aromatic rings. The summed E-state index contributed by atoms with van der Waals surface area (Å²) >= 11 is 5.27. The minimum absolute atomic E-state index is 0.680. The van der Waals surface area contributed by atoms with Crippen LogP contribution in [0.3, 0.4) is 0 Å². The molecule has 0 amide bonds. The van der Waals surface area contributed by atoms with Crippen molar-refractivity contribution in [1.29, 1.82) is 0 Å². The number of aromatic nitrogens is 1. The fourth-order valence-corrected chi connectivity index (χ4v) is 4.34. The van der Waals surface area contributed by atoms with Gasteiger partial charge in [-0.3, -0.25) is 9.59 Å². The van der Waals surface area contributed by atoms with Crippen LogP contribution in [0.4, 0.5) is 5.69 Å². The van der Waals surface area contributed by atoms with Crippen molar-refractivity contribution in [2.24, 2.45) is 5.92 Å². The lowest BCUT2D eigenvalue weighted by molar-refractivity contribution is -0.170. The van der Waals surface area contributed by atoms with Gasteiger partial charge in [0.15, 0.2) is 10.7 Å². The molecule has 0 radical (unpaired) electrons. The van der Waals surface area contributed by atoms with Crippen molar-refractivity contribution in [3.05, 3.63) is 29.5 Å². The Morgan fingerprint density at radius 3 is 2.37 bits per heavy atom. The first-order valence-electron chi connectivity index (χ1n) is 11.2. The van der Waals surface area contributed by atoms with Crippen LogP contribution in [0.2, 0.25) is 0 Å². The third-order valence-electron chi connectivity index (χ3n) is 5.66. The molecule has 0 saturated heterocycles. The summed E-state index contributed by atoms with van der Waals surface area (Å²) in [5, 5.41) is 45.5. The fourth-order valence-electron chi connectivity index (χ4n) is 4.08. The molecule has 1 unspecified atom stereocenters. The highest BCUT2D eigenvalue weighted by Crippen LogP contribution is 2.33. The lowest BCUT2D eigenvalue weighted by Crippen LogP contribution is -2.42. The Morgan fingerprint density at radius 2 is 1.83 bits per heavy atom. The fraction of sp³-hybridized carbons (Fsp3) is 0.478. The van der Waals surface area contributed by atoms with Crippen molar-refractivity contribution >= 4 is 51.8 Å². The van der Waals surface area contributed by atoms with Crippen molar-refractivity contribution in [2.75, 3.05) is 25.5 Å². The molecule has 1 aliphatic carbocycles. The van der Waals surface area contributed by atoms with Crippen molar-refractivity contribution in [3.8, 4) is 0 Å². The number of nitrogens with one attached hydrogen (secondary N) is 4. The number of carboxylic acid groups (broad SMARTS) is 3. The first-order chi connectivity index (χ1) is 16.5. The third kappa shape index (κ3) is 7.91. The molecule has 0 fully saturated rings. The van der Waals surface area contributed by atoms with Crippen LogP contribution in [0.15, 0.2) is 18.2 Å². The highest BCUT2D eigenvalue weighted by Gasteiger charge is 2.40. The number of aromatic amines is 1. The Balaban J connectivity index is 0.000000287. The van der Waals surface area contributed by atoms with E-state index in [1.807, 2.05) is 14.0 Å². The SMILES string of the molecule is CCNC(=S)Nc1ccc2[nH]c3c(c2c1)CC(CNC)CC3.O=C(O)CC(O)(CC(=O)O)C(=O)O. The second-order valence-corrected chi connectivity index (χ2v) is 8.88. The number of fused-ring (bicyclic) bond motifs is 3. The van der Waals surface area contributed by atoms with Crippen molar-refractivity contribution in [3.63, 3.8) is 0 Å². The number of aliphatic hydroxyl groups is 1. The van der Waals surface area contributed by atoms with Gasteiger partial charge in [0.2, 0.25) is 0 Å². The molecular weight excluding hydrogens is 476 g/mol. The van der Waals surface area contributed by atoms with Crippen LogP contribution in [0, 0.1) is 5.92 Å². The highest BCUT2D eigenvalue weighted by molar-refractivity contribution is 7.80. The van der Waals surface area contributed by atoms with Gasteiger partial charge >= 0.3 is 17.9 Å². The van der Waals surface area contributed by atoms with E-state index in [9.17, 15) is 14.4 Å². The minimum Gasteiger partial charge on any atom is -0.481 e. The largest absolute Gasteiger partial charge is 0.481 e. The van der Waals surface area contributed by atoms with Crippen molar-refractivity contribution in [2.45, 2.75) is 44.6 Å². The van der Waals surface area contributed by atoms with E-state index < -0.39 is 36.4 Å². The molecule has 8 N–H and O–H groups in total. The maximum absolute atomic E-state index is 10.3. The van der Waals surface area contributed by atoms with E-state index in [4.69, 9.17) is 32.6 Å². The summed E-state index contributed by atoms with van der Waals surface area (Å²) in [6, 6.07) is 6.45. The van der Waals surface area contributed by atoms with E-state index >= 15 is 0 Å². The van der Waals surface area contributed by atoms with Gasteiger partial charge in [-0.2, -0.15) is 0 Å². The molecule has 1 atom stereocenters. The molecule has 0 bridgehead atoms. The monoisotopic (exact) mass is 508 g/mol. The number of aliphatic carboxylic acids is 3. The van der Waals surface area contributed by atoms with Gasteiger partial charge < -0.3 is 41.4 Å². The van der Waals surface area contributed by atoms with Crippen LogP contribution >= 0.6 is 12.2 Å². The summed E-state index contributed by atoms with van der Waals surface area (Å²) in [6.07, 6.45) is 1.27. The Hall–Kier alpha value is -3.22. The summed E-state index contributed by atoms with van der Waals surface area (Å²) in [5.74, 6) is -4.29. The summed E-state index contributed by atoms with van der Waals surface area (Å²) < 4.78 is 0. The van der Waals surface area contributed by atoms with Gasteiger partial charge in [-0.1, -0.05) is 0 Å². The van der Waals surface area contributed by atoms with Crippen LogP contribution in [0.25, 0.3) is 10.9 Å². The zero-order valence-corrected chi connectivity index (χ0v) is 20.5. The number of hydrogen-bond donors (Lipinski definition) is 8. The molecule has 0 saturated carbocycles. The zero-order valence-electron chi connectivity index (χ0n) is 19.7. The summed E-state index contributed by atoms with van der Waals surface area (Å²) in [4.78, 5) is 34.1. The number of thiocarbonyl (C=S) groups is 1. The molecule has 192 valence electrons. The molecule has 0 aliphatic heterocycles. The first-order valence-corrected chi connectivity index (χ1v) is 11.6. The van der Waals surface area contributed by atoms with Gasteiger partial charge in [0.05, 0.1) is 12.8 Å². The van der Waals surface area contributed by atoms with Gasteiger partial charge in [0.25, 0.3) is 0 Å². The molecule has 1 aromatic carbocycles. The minimum atomic E-state index is -2.74. The molecule has 35 heavy (non-hydrogen) atoms. The standard InChI is InChI=1S/C17H24N4S.C6H8O7/c1-3-19-17(22)20-12-5-7-16-14(9-12)13-8-11(10-18-2)4-6-15(13)21-16;7-3(8)1-6(13,5(11)12)2-4(9)10/h5,7,9,11,18,21H,3-4,6,8,10H2,1-2H3,(H2,19,20,22);13H,1-2H2,(H,7,8)(H,9,10)(H,11,12). The topological polar surface area (TPSA) is 184 Å².